The summed E-state index contributed by atoms with van der Waals surface area (Å²) in [5, 5.41) is 0. The molecule has 0 heterocycles. The molecule has 0 unspecified atom stereocenters. The third-order valence-corrected chi connectivity index (χ3v) is 2.95. The summed E-state index contributed by atoms with van der Waals surface area (Å²) in [6.45, 7) is 0. The van der Waals surface area contributed by atoms with Gasteiger partial charge in [0, 0.05) is 6.08 Å². The highest BCUT2D eigenvalue weighted by Crippen LogP contribution is 2.32. The summed E-state index contributed by atoms with van der Waals surface area (Å²) in [7, 11) is 1.05. The predicted octanol–water partition coefficient (Wildman–Crippen LogP) is 4.10. The molecule has 0 aliphatic rings. The molecule has 0 saturated heterocycles. The number of esters is 1. The molecule has 2 rings (SSSR count). The van der Waals surface area contributed by atoms with Gasteiger partial charge in [0.2, 0.25) is 0 Å². The van der Waals surface area contributed by atoms with Crippen molar-refractivity contribution in [1.82, 2.24) is 0 Å². The lowest BCUT2D eigenvalue weighted by Crippen LogP contribution is -2.04. The number of carbonyl (C=O) groups is 1. The van der Waals surface area contributed by atoms with Gasteiger partial charge in [0.15, 0.2) is 23.3 Å². The summed E-state index contributed by atoms with van der Waals surface area (Å²) in [5.41, 5.74) is -1.79. The van der Waals surface area contributed by atoms with Gasteiger partial charge in [-0.1, -0.05) is 30.3 Å². The van der Waals surface area contributed by atoms with Crippen LogP contribution in [0.25, 0.3) is 17.2 Å². The molecule has 0 amide bonds. The van der Waals surface area contributed by atoms with Crippen LogP contribution in [0.3, 0.4) is 0 Å². The molecule has 0 saturated carbocycles. The molecule has 2 aromatic rings. The minimum atomic E-state index is -1.59. The van der Waals surface area contributed by atoms with Crippen molar-refractivity contribution in [2.24, 2.45) is 0 Å². The van der Waals surface area contributed by atoms with Gasteiger partial charge in [-0.2, -0.15) is 0 Å². The second-order valence-electron chi connectivity index (χ2n) is 4.27. The van der Waals surface area contributed by atoms with Gasteiger partial charge in [0.1, 0.15) is 0 Å². The van der Waals surface area contributed by atoms with Crippen molar-refractivity contribution in [2.45, 2.75) is 0 Å². The van der Waals surface area contributed by atoms with Crippen molar-refractivity contribution < 1.29 is 27.1 Å². The Balaban J connectivity index is 2.63. The molecule has 0 fully saturated rings. The highest BCUT2D eigenvalue weighted by molar-refractivity contribution is 5.87. The van der Waals surface area contributed by atoms with Gasteiger partial charge in [-0.05, 0) is 11.6 Å². The third kappa shape index (κ3) is 2.86. The van der Waals surface area contributed by atoms with E-state index in [0.29, 0.717) is 12.2 Å². The van der Waals surface area contributed by atoms with E-state index >= 15 is 0 Å². The molecule has 0 N–H and O–H groups in total. The van der Waals surface area contributed by atoms with Gasteiger partial charge >= 0.3 is 5.97 Å². The monoisotopic (exact) mass is 310 g/mol. The first kappa shape index (κ1) is 15.8. The van der Waals surface area contributed by atoms with E-state index in [1.165, 1.54) is 24.3 Å². The van der Waals surface area contributed by atoms with E-state index in [4.69, 9.17) is 0 Å². The van der Waals surface area contributed by atoms with Crippen LogP contribution >= 0.6 is 0 Å². The number of rotatable bonds is 3. The molecule has 114 valence electrons. The van der Waals surface area contributed by atoms with Crippen LogP contribution in [-0.2, 0) is 9.53 Å². The van der Waals surface area contributed by atoms with Gasteiger partial charge in [-0.3, -0.25) is 0 Å². The number of ether oxygens (including phenoxy) is 1. The second kappa shape index (κ2) is 6.43. The van der Waals surface area contributed by atoms with E-state index in [-0.39, 0.29) is 5.56 Å². The first-order valence-electron chi connectivity index (χ1n) is 6.14. The number of benzene rings is 2. The molecule has 22 heavy (non-hydrogen) atoms. The van der Waals surface area contributed by atoms with Gasteiger partial charge < -0.3 is 4.74 Å². The average molecular weight is 310 g/mol. The standard InChI is InChI=1S/C16H10F4O2/c1-22-11(21)8-7-10-13(17)15(19)12(16(20)14(10)18)9-5-3-2-4-6-9/h2-8H,1H3/b8-7+. The number of halogens is 4. The minimum Gasteiger partial charge on any atom is -0.466 e. The lowest BCUT2D eigenvalue weighted by molar-refractivity contribution is -0.134. The quantitative estimate of drug-likeness (QED) is 0.369. The minimum absolute atomic E-state index is 0.00111. The number of carbonyl (C=O) groups excluding carboxylic acids is 1. The summed E-state index contributed by atoms with van der Waals surface area (Å²) in [5.74, 6) is -7.15. The van der Waals surface area contributed by atoms with Crippen LogP contribution < -0.4 is 0 Å². The number of hydrogen-bond acceptors (Lipinski definition) is 2. The van der Waals surface area contributed by atoms with E-state index < -0.39 is 40.4 Å². The summed E-state index contributed by atoms with van der Waals surface area (Å²) >= 11 is 0. The van der Waals surface area contributed by atoms with Crippen LogP contribution in [0.2, 0.25) is 0 Å². The Kier molecular flexibility index (Phi) is 4.60. The Morgan fingerprint density at radius 2 is 1.50 bits per heavy atom. The highest BCUT2D eigenvalue weighted by atomic mass is 19.2. The Labute approximate surface area is 123 Å². The van der Waals surface area contributed by atoms with Gasteiger partial charge in [-0.25, -0.2) is 22.4 Å². The molecule has 2 nitrogen and oxygen atoms in total. The Morgan fingerprint density at radius 1 is 0.955 bits per heavy atom. The maximum absolute atomic E-state index is 14.1. The smallest absolute Gasteiger partial charge is 0.330 e. The Morgan fingerprint density at radius 3 is 2.00 bits per heavy atom. The van der Waals surface area contributed by atoms with E-state index in [1.54, 1.807) is 6.07 Å². The summed E-state index contributed by atoms with van der Waals surface area (Å²) in [4.78, 5) is 10.9. The molecule has 0 atom stereocenters. The summed E-state index contributed by atoms with van der Waals surface area (Å²) < 4.78 is 60.3. The largest absolute Gasteiger partial charge is 0.466 e. The topological polar surface area (TPSA) is 26.3 Å². The van der Waals surface area contributed by atoms with Gasteiger partial charge in [0.25, 0.3) is 0 Å². The molecule has 0 aliphatic carbocycles. The van der Waals surface area contributed by atoms with Crippen molar-refractivity contribution in [2.75, 3.05) is 7.11 Å². The fraction of sp³-hybridized carbons (Fsp3) is 0.0625. The Bertz CT molecular complexity index is 711. The zero-order chi connectivity index (χ0) is 16.3. The van der Waals surface area contributed by atoms with Crippen molar-refractivity contribution in [1.29, 1.82) is 0 Å². The molecule has 6 heteroatoms. The molecule has 0 bridgehead atoms. The molecule has 0 aromatic heterocycles. The second-order valence-corrected chi connectivity index (χ2v) is 4.27. The Hall–Kier alpha value is -2.63. The zero-order valence-corrected chi connectivity index (χ0v) is 11.4. The maximum Gasteiger partial charge on any atom is 0.330 e. The normalized spacial score (nSPS) is 11.0. The van der Waals surface area contributed by atoms with Crippen molar-refractivity contribution in [3.8, 4) is 11.1 Å². The lowest BCUT2D eigenvalue weighted by atomic mass is 10.0. The fourth-order valence-corrected chi connectivity index (χ4v) is 1.87. The van der Waals surface area contributed by atoms with Gasteiger partial charge in [-0.15, -0.1) is 0 Å². The molecular formula is C16H10F4O2. The maximum atomic E-state index is 14.1. The fourth-order valence-electron chi connectivity index (χ4n) is 1.87. The van der Waals surface area contributed by atoms with Crippen LogP contribution in [-0.4, -0.2) is 13.1 Å². The molecule has 0 aliphatic heterocycles. The van der Waals surface area contributed by atoms with Crippen molar-refractivity contribution >= 4 is 12.0 Å². The summed E-state index contributed by atoms with van der Waals surface area (Å²) in [6.07, 6.45) is 1.29. The molecule has 0 radical (unpaired) electrons. The van der Waals surface area contributed by atoms with E-state index in [2.05, 4.69) is 4.74 Å². The van der Waals surface area contributed by atoms with E-state index in [1.807, 2.05) is 0 Å². The van der Waals surface area contributed by atoms with Crippen LogP contribution in [0.4, 0.5) is 17.6 Å². The highest BCUT2D eigenvalue weighted by Gasteiger charge is 2.25. The van der Waals surface area contributed by atoms with Crippen LogP contribution in [0.1, 0.15) is 5.56 Å². The first-order valence-corrected chi connectivity index (χ1v) is 6.14. The van der Waals surface area contributed by atoms with Crippen molar-refractivity contribution in [3.05, 3.63) is 65.2 Å². The van der Waals surface area contributed by atoms with Crippen LogP contribution in [0.15, 0.2) is 36.4 Å². The third-order valence-electron chi connectivity index (χ3n) is 2.95. The average Bonchev–Trinajstić information content (AvgIpc) is 2.54. The van der Waals surface area contributed by atoms with Crippen LogP contribution in [0, 0.1) is 23.3 Å². The molecule has 2 aromatic carbocycles. The van der Waals surface area contributed by atoms with E-state index in [0.717, 1.165) is 7.11 Å². The zero-order valence-electron chi connectivity index (χ0n) is 11.4. The van der Waals surface area contributed by atoms with Crippen molar-refractivity contribution in [3.63, 3.8) is 0 Å². The number of hydrogen-bond donors (Lipinski definition) is 0. The lowest BCUT2D eigenvalue weighted by Gasteiger charge is -2.10. The predicted molar refractivity (Wildman–Crippen MR) is 72.8 cm³/mol. The summed E-state index contributed by atoms with van der Waals surface area (Å²) in [6, 6.07) is 7.21. The van der Waals surface area contributed by atoms with Crippen LogP contribution in [0.5, 0.6) is 0 Å². The molecular weight excluding hydrogens is 300 g/mol. The SMILES string of the molecule is COC(=O)/C=C/c1c(F)c(F)c(-c2ccccc2)c(F)c1F. The number of methoxy groups -OCH3 is 1. The molecule has 0 spiro atoms. The van der Waals surface area contributed by atoms with E-state index in [9.17, 15) is 22.4 Å². The van der Waals surface area contributed by atoms with Gasteiger partial charge in [0.05, 0.1) is 18.2 Å². The first-order chi connectivity index (χ1) is 10.5.